The van der Waals surface area contributed by atoms with Crippen molar-refractivity contribution in [1.29, 1.82) is 0 Å². The van der Waals surface area contributed by atoms with Crippen LogP contribution < -0.4 is 32.8 Å². The Morgan fingerprint density at radius 1 is 0.304 bits per heavy atom. The third-order valence-electron chi connectivity index (χ3n) is 12.0. The Kier molecular flexibility index (Phi) is 4.03. The van der Waals surface area contributed by atoms with Gasteiger partial charge in [-0.1, -0.05) is 141 Å². The van der Waals surface area contributed by atoms with Crippen LogP contribution in [0.25, 0.3) is 76.8 Å². The van der Waals surface area contributed by atoms with Crippen LogP contribution in [-0.4, -0.2) is 13.4 Å². The number of hydrogen-bond donors (Lipinski definition) is 0. The quantitative estimate of drug-likeness (QED) is 0.138. The van der Waals surface area contributed by atoms with Crippen LogP contribution in [0, 0.1) is 27.7 Å². The fraction of sp³-hybridized carbons (Fsp3) is 0.0909. The minimum absolute atomic E-state index is 0.269. The Hall–Kier alpha value is -5.07. The van der Waals surface area contributed by atoms with E-state index in [4.69, 9.17) is 0 Å². The third-order valence-corrected chi connectivity index (χ3v) is 12.0. The molecular weight excluding hydrogens is 550 g/mol. The summed E-state index contributed by atoms with van der Waals surface area (Å²) < 4.78 is 0. The predicted octanol–water partition coefficient (Wildman–Crippen LogP) is 6.77. The van der Waals surface area contributed by atoms with Gasteiger partial charge in [0.05, 0.1) is 0 Å². The average molecular weight is 578 g/mol. The predicted molar refractivity (Wildman–Crippen MR) is 200 cm³/mol. The number of aryl methyl sites for hydroxylation is 4. The molecule has 8 aromatic carbocycles. The lowest BCUT2D eigenvalue weighted by molar-refractivity contribution is 1.47. The number of hydrogen-bond acceptors (Lipinski definition) is 0. The van der Waals surface area contributed by atoms with Gasteiger partial charge in [0.2, 0.25) is 13.4 Å². The van der Waals surface area contributed by atoms with Crippen LogP contribution in [0.15, 0.2) is 97.1 Å². The summed E-state index contributed by atoms with van der Waals surface area (Å²) in [5, 5.41) is 8.60. The van der Waals surface area contributed by atoms with Gasteiger partial charge in [-0.2, -0.15) is 0 Å². The van der Waals surface area contributed by atoms with E-state index < -0.39 is 0 Å². The third kappa shape index (κ3) is 2.59. The Labute approximate surface area is 269 Å². The van der Waals surface area contributed by atoms with E-state index in [0.29, 0.717) is 0 Å². The molecule has 0 spiro atoms. The smallest absolute Gasteiger partial charge is 0.0661 e. The van der Waals surface area contributed by atoms with Gasteiger partial charge in [-0.05, 0) is 116 Å². The first kappa shape index (κ1) is 24.2. The molecule has 12 rings (SSSR count). The zero-order chi connectivity index (χ0) is 30.3. The van der Waals surface area contributed by atoms with Crippen molar-refractivity contribution in [3.05, 3.63) is 119 Å². The molecule has 0 atom stereocenters. The summed E-state index contributed by atoms with van der Waals surface area (Å²) in [5.74, 6) is 0. The summed E-state index contributed by atoms with van der Waals surface area (Å²) >= 11 is 0. The van der Waals surface area contributed by atoms with E-state index in [1.165, 1.54) is 132 Å². The first-order valence-electron chi connectivity index (χ1n) is 16.7. The van der Waals surface area contributed by atoms with E-state index in [2.05, 4.69) is 125 Å². The second-order valence-corrected chi connectivity index (χ2v) is 14.7. The van der Waals surface area contributed by atoms with Crippen molar-refractivity contribution in [2.45, 2.75) is 27.7 Å². The van der Waals surface area contributed by atoms with E-state index in [1.807, 2.05) is 0 Å². The van der Waals surface area contributed by atoms with Gasteiger partial charge in [-0.15, -0.1) is 0 Å². The summed E-state index contributed by atoms with van der Waals surface area (Å²) in [6.45, 7) is 9.53. The van der Waals surface area contributed by atoms with Gasteiger partial charge in [-0.3, -0.25) is 0 Å². The zero-order valence-electron chi connectivity index (χ0n) is 26.4. The molecular formula is C44H28B2. The molecule has 4 aliphatic heterocycles. The molecule has 210 valence electrons. The normalized spacial score (nSPS) is 14.0. The minimum atomic E-state index is 0.269. The Morgan fingerprint density at radius 2 is 0.696 bits per heavy atom. The molecule has 4 heterocycles. The molecule has 0 radical (unpaired) electrons. The molecule has 0 saturated carbocycles. The van der Waals surface area contributed by atoms with Crippen LogP contribution in [0.3, 0.4) is 0 Å². The monoisotopic (exact) mass is 578 g/mol. The van der Waals surface area contributed by atoms with Crippen molar-refractivity contribution in [2.24, 2.45) is 0 Å². The van der Waals surface area contributed by atoms with Crippen LogP contribution >= 0.6 is 0 Å². The molecule has 0 fully saturated rings. The fourth-order valence-corrected chi connectivity index (χ4v) is 10.4. The summed E-state index contributed by atoms with van der Waals surface area (Å²) in [6.07, 6.45) is 0. The Morgan fingerprint density at radius 3 is 1.13 bits per heavy atom. The maximum atomic E-state index is 2.57. The van der Waals surface area contributed by atoms with E-state index in [0.717, 1.165) is 0 Å². The molecule has 0 aromatic heterocycles. The highest BCUT2D eigenvalue weighted by atomic mass is 14.3. The van der Waals surface area contributed by atoms with E-state index >= 15 is 0 Å². The second-order valence-electron chi connectivity index (χ2n) is 14.7. The second kappa shape index (κ2) is 7.65. The van der Waals surface area contributed by atoms with E-state index in [-0.39, 0.29) is 13.4 Å². The molecule has 0 N–H and O–H groups in total. The van der Waals surface area contributed by atoms with Gasteiger partial charge in [-0.25, -0.2) is 0 Å². The molecule has 0 bridgehead atoms. The lowest BCUT2D eigenvalue weighted by atomic mass is 9.34. The number of rotatable bonds is 0. The SMILES string of the molecule is Cc1ccc2c(c1)-c1cc(C)cc3c1B2c1cc2ccc4c5c(cc6ccc-3c1c6c25)B1c2ccc(C)cc2-c2cc(C)cc-4c21. The van der Waals surface area contributed by atoms with Crippen LogP contribution in [0.5, 0.6) is 0 Å². The molecule has 8 aromatic rings. The Bertz CT molecular complexity index is 2610. The summed E-state index contributed by atoms with van der Waals surface area (Å²) in [4.78, 5) is 0. The molecule has 0 amide bonds. The minimum Gasteiger partial charge on any atom is -0.0661 e. The maximum absolute atomic E-state index is 2.57. The lowest BCUT2D eigenvalue weighted by Gasteiger charge is -2.31. The summed E-state index contributed by atoms with van der Waals surface area (Å²) in [7, 11) is 0. The molecule has 46 heavy (non-hydrogen) atoms. The van der Waals surface area contributed by atoms with Gasteiger partial charge >= 0.3 is 0 Å². The zero-order valence-corrected chi connectivity index (χ0v) is 26.4. The molecule has 0 unspecified atom stereocenters. The molecule has 2 heteroatoms. The lowest BCUT2D eigenvalue weighted by Crippen LogP contribution is -2.52. The van der Waals surface area contributed by atoms with Crippen LogP contribution in [0.1, 0.15) is 22.3 Å². The number of fused-ring (bicyclic) bond motifs is 10. The first-order valence-corrected chi connectivity index (χ1v) is 16.7. The highest BCUT2D eigenvalue weighted by Gasteiger charge is 2.43. The van der Waals surface area contributed by atoms with Crippen molar-refractivity contribution in [1.82, 2.24) is 0 Å². The van der Waals surface area contributed by atoms with Crippen molar-refractivity contribution in [2.75, 3.05) is 0 Å². The standard InChI is InChI=1S/C44H28B2/c1-21-5-11-35-29(13-21)33-17-23(3)15-31-27-9-7-26-20-38-42-28(10-8-25-19-37(45(35)43(31)33)41(27)39(26)40(25)42)32-16-24(4)18-34-30-14-22(2)6-12-36(30)46(38)44(32)34/h5-20H,1-4H3. The van der Waals surface area contributed by atoms with Gasteiger partial charge < -0.3 is 0 Å². The van der Waals surface area contributed by atoms with Gasteiger partial charge in [0.25, 0.3) is 0 Å². The molecule has 0 nitrogen and oxygen atoms in total. The Balaban J connectivity index is 1.27. The van der Waals surface area contributed by atoms with Crippen LogP contribution in [0.4, 0.5) is 0 Å². The van der Waals surface area contributed by atoms with E-state index in [1.54, 1.807) is 0 Å². The maximum Gasteiger partial charge on any atom is 0.244 e. The average Bonchev–Trinajstić information content (AvgIpc) is 3.54. The van der Waals surface area contributed by atoms with Crippen LogP contribution in [-0.2, 0) is 0 Å². The molecule has 4 aliphatic rings. The van der Waals surface area contributed by atoms with Crippen molar-refractivity contribution >= 4 is 78.5 Å². The van der Waals surface area contributed by atoms with Gasteiger partial charge in [0.1, 0.15) is 0 Å². The van der Waals surface area contributed by atoms with Gasteiger partial charge in [0.15, 0.2) is 0 Å². The first-order chi connectivity index (χ1) is 22.4. The largest absolute Gasteiger partial charge is 0.244 e. The van der Waals surface area contributed by atoms with Crippen molar-refractivity contribution in [3.8, 4) is 44.5 Å². The highest BCUT2D eigenvalue weighted by Crippen LogP contribution is 2.46. The van der Waals surface area contributed by atoms with E-state index in [9.17, 15) is 0 Å². The fourth-order valence-electron chi connectivity index (χ4n) is 10.4. The molecule has 0 aliphatic carbocycles. The molecule has 0 saturated heterocycles. The summed E-state index contributed by atoms with van der Waals surface area (Å²) in [5.41, 5.74) is 25.6. The highest BCUT2D eigenvalue weighted by molar-refractivity contribution is 7.03. The van der Waals surface area contributed by atoms with Crippen LogP contribution in [0.2, 0.25) is 0 Å². The number of benzene rings is 8. The van der Waals surface area contributed by atoms with Crippen molar-refractivity contribution in [3.63, 3.8) is 0 Å². The topological polar surface area (TPSA) is 0 Å². The van der Waals surface area contributed by atoms with Gasteiger partial charge in [0, 0.05) is 0 Å². The summed E-state index contributed by atoms with van der Waals surface area (Å²) in [6, 6.07) is 38.9. The van der Waals surface area contributed by atoms with Crippen molar-refractivity contribution < 1.29 is 0 Å².